The van der Waals surface area contributed by atoms with Crippen molar-refractivity contribution in [2.45, 2.75) is 6.54 Å². The molecular formula is C21H21N3O2. The second kappa shape index (κ2) is 8.84. The topological polar surface area (TPSA) is 56.6 Å². The number of anilines is 1. The van der Waals surface area contributed by atoms with Gasteiger partial charge in [0, 0.05) is 31.5 Å². The lowest BCUT2D eigenvalue weighted by Crippen LogP contribution is -2.41. The van der Waals surface area contributed by atoms with Gasteiger partial charge in [-0.1, -0.05) is 48.5 Å². The van der Waals surface area contributed by atoms with Gasteiger partial charge < -0.3 is 14.5 Å². The predicted octanol–water partition coefficient (Wildman–Crippen LogP) is 2.96. The minimum absolute atomic E-state index is 0.131. The van der Waals surface area contributed by atoms with Crippen LogP contribution in [0.15, 0.2) is 72.4 Å². The van der Waals surface area contributed by atoms with E-state index in [1.165, 1.54) is 0 Å². The summed E-state index contributed by atoms with van der Waals surface area (Å²) in [4.78, 5) is 16.3. The zero-order chi connectivity index (χ0) is 18.2. The minimum Gasteiger partial charge on any atom is -0.378 e. The van der Waals surface area contributed by atoms with E-state index in [0.29, 0.717) is 32.8 Å². The van der Waals surface area contributed by atoms with E-state index in [2.05, 4.69) is 6.07 Å². The molecule has 0 saturated carbocycles. The number of para-hydroxylation sites is 1. The molecule has 132 valence electrons. The molecule has 1 amide bonds. The maximum atomic E-state index is 12.7. The first-order valence-corrected chi connectivity index (χ1v) is 8.62. The van der Waals surface area contributed by atoms with Crippen molar-refractivity contribution in [3.05, 3.63) is 78.0 Å². The summed E-state index contributed by atoms with van der Waals surface area (Å²) >= 11 is 0. The van der Waals surface area contributed by atoms with Crippen molar-refractivity contribution in [2.75, 3.05) is 31.2 Å². The molecule has 2 aromatic rings. The van der Waals surface area contributed by atoms with E-state index in [9.17, 15) is 10.1 Å². The van der Waals surface area contributed by atoms with Gasteiger partial charge in [0.05, 0.1) is 13.2 Å². The highest BCUT2D eigenvalue weighted by atomic mass is 16.5. The van der Waals surface area contributed by atoms with Gasteiger partial charge in [-0.3, -0.25) is 4.79 Å². The number of benzene rings is 2. The average molecular weight is 347 g/mol. The number of hydrogen-bond donors (Lipinski definition) is 0. The number of carbonyl (C=O) groups is 1. The number of carbonyl (C=O) groups excluding carboxylic acids is 1. The summed E-state index contributed by atoms with van der Waals surface area (Å²) in [5.41, 5.74) is 2.16. The second-order valence-corrected chi connectivity index (χ2v) is 6.01. The van der Waals surface area contributed by atoms with Gasteiger partial charge >= 0.3 is 0 Å². The van der Waals surface area contributed by atoms with Crippen molar-refractivity contribution in [3.8, 4) is 6.07 Å². The molecule has 0 atom stereocenters. The van der Waals surface area contributed by atoms with Crippen LogP contribution in [0.2, 0.25) is 0 Å². The Balaban J connectivity index is 1.88. The molecule has 1 aliphatic heterocycles. The molecule has 0 bridgehead atoms. The Hall–Kier alpha value is -3.10. The molecule has 0 radical (unpaired) electrons. The van der Waals surface area contributed by atoms with E-state index in [-0.39, 0.29) is 11.5 Å². The molecule has 26 heavy (non-hydrogen) atoms. The highest BCUT2D eigenvalue weighted by Gasteiger charge is 2.21. The zero-order valence-electron chi connectivity index (χ0n) is 14.5. The summed E-state index contributed by atoms with van der Waals surface area (Å²) in [7, 11) is 0. The molecule has 1 saturated heterocycles. The number of morpholine rings is 1. The van der Waals surface area contributed by atoms with Gasteiger partial charge in [0.2, 0.25) is 0 Å². The number of nitriles is 1. The average Bonchev–Trinajstić information content (AvgIpc) is 2.72. The SMILES string of the molecule is N#C/C(=C/N(Cc1ccccc1)c1ccccc1)C(=O)N1CCOCC1. The van der Waals surface area contributed by atoms with Gasteiger partial charge in [-0.25, -0.2) is 0 Å². The highest BCUT2D eigenvalue weighted by Crippen LogP contribution is 2.19. The van der Waals surface area contributed by atoms with Crippen molar-refractivity contribution in [1.29, 1.82) is 5.26 Å². The largest absolute Gasteiger partial charge is 0.378 e. The predicted molar refractivity (Wildman–Crippen MR) is 100 cm³/mol. The normalized spacial score (nSPS) is 14.6. The van der Waals surface area contributed by atoms with Crippen LogP contribution in [0.5, 0.6) is 0 Å². The number of amides is 1. The van der Waals surface area contributed by atoms with Crippen molar-refractivity contribution >= 4 is 11.6 Å². The Morgan fingerprint density at radius 1 is 1.08 bits per heavy atom. The fraction of sp³-hybridized carbons (Fsp3) is 0.238. The zero-order valence-corrected chi connectivity index (χ0v) is 14.5. The molecule has 1 aliphatic rings. The van der Waals surface area contributed by atoms with Crippen LogP contribution in [0.3, 0.4) is 0 Å². The fourth-order valence-corrected chi connectivity index (χ4v) is 2.84. The van der Waals surface area contributed by atoms with E-state index in [4.69, 9.17) is 4.74 Å². The van der Waals surface area contributed by atoms with Gasteiger partial charge in [0.1, 0.15) is 11.6 Å². The first kappa shape index (κ1) is 17.7. The molecule has 0 N–H and O–H groups in total. The van der Waals surface area contributed by atoms with Crippen molar-refractivity contribution in [1.82, 2.24) is 4.90 Å². The maximum absolute atomic E-state index is 12.7. The Morgan fingerprint density at radius 3 is 2.31 bits per heavy atom. The van der Waals surface area contributed by atoms with E-state index in [1.54, 1.807) is 11.1 Å². The first-order chi connectivity index (χ1) is 12.8. The van der Waals surface area contributed by atoms with Crippen LogP contribution in [-0.4, -0.2) is 37.1 Å². The maximum Gasteiger partial charge on any atom is 0.266 e. The van der Waals surface area contributed by atoms with E-state index >= 15 is 0 Å². The third-order valence-corrected chi connectivity index (χ3v) is 4.22. The lowest BCUT2D eigenvalue weighted by Gasteiger charge is -2.27. The Bertz CT molecular complexity index is 791. The van der Waals surface area contributed by atoms with Crippen LogP contribution in [-0.2, 0) is 16.1 Å². The van der Waals surface area contributed by atoms with E-state index in [1.807, 2.05) is 65.6 Å². The third-order valence-electron chi connectivity index (χ3n) is 4.22. The molecule has 3 rings (SSSR count). The Kier molecular flexibility index (Phi) is 6.02. The molecule has 0 aliphatic carbocycles. The second-order valence-electron chi connectivity index (χ2n) is 6.01. The van der Waals surface area contributed by atoms with Crippen molar-refractivity contribution in [2.24, 2.45) is 0 Å². The summed E-state index contributed by atoms with van der Waals surface area (Å²) in [6, 6.07) is 21.8. The summed E-state index contributed by atoms with van der Waals surface area (Å²) in [5.74, 6) is -0.246. The van der Waals surface area contributed by atoms with Gasteiger partial charge in [0.15, 0.2) is 0 Å². The summed E-state index contributed by atoms with van der Waals surface area (Å²) < 4.78 is 5.29. The first-order valence-electron chi connectivity index (χ1n) is 8.62. The molecule has 1 fully saturated rings. The molecule has 0 unspecified atom stereocenters. The van der Waals surface area contributed by atoms with Crippen LogP contribution in [0.4, 0.5) is 5.69 Å². The van der Waals surface area contributed by atoms with Crippen LogP contribution < -0.4 is 4.90 Å². The quantitative estimate of drug-likeness (QED) is 0.616. The minimum atomic E-state index is -0.246. The number of nitrogens with zero attached hydrogens (tertiary/aromatic N) is 3. The lowest BCUT2D eigenvalue weighted by atomic mass is 10.2. The molecule has 1 heterocycles. The highest BCUT2D eigenvalue weighted by molar-refractivity contribution is 5.97. The standard InChI is InChI=1S/C21H21N3O2/c22-15-19(21(25)23-11-13-26-14-12-23)17-24(20-9-5-2-6-10-20)16-18-7-3-1-4-8-18/h1-10,17H,11-14,16H2/b19-17-. The van der Waals surface area contributed by atoms with Crippen LogP contribution in [0, 0.1) is 11.3 Å². The van der Waals surface area contributed by atoms with Gasteiger partial charge in [0.25, 0.3) is 5.91 Å². The van der Waals surface area contributed by atoms with E-state index < -0.39 is 0 Å². The number of hydrogen-bond acceptors (Lipinski definition) is 4. The lowest BCUT2D eigenvalue weighted by molar-refractivity contribution is -0.130. The molecule has 5 nitrogen and oxygen atoms in total. The van der Waals surface area contributed by atoms with Crippen molar-refractivity contribution < 1.29 is 9.53 Å². The van der Waals surface area contributed by atoms with Crippen LogP contribution >= 0.6 is 0 Å². The van der Waals surface area contributed by atoms with Gasteiger partial charge in [-0.2, -0.15) is 5.26 Å². The van der Waals surface area contributed by atoms with Gasteiger partial charge in [-0.15, -0.1) is 0 Å². The van der Waals surface area contributed by atoms with Crippen LogP contribution in [0.1, 0.15) is 5.56 Å². The fourth-order valence-electron chi connectivity index (χ4n) is 2.84. The van der Waals surface area contributed by atoms with Crippen LogP contribution in [0.25, 0.3) is 0 Å². The Labute approximate surface area is 153 Å². The molecule has 5 heteroatoms. The molecular weight excluding hydrogens is 326 g/mol. The summed E-state index contributed by atoms with van der Waals surface area (Å²) in [5, 5.41) is 9.57. The molecule has 2 aromatic carbocycles. The Morgan fingerprint density at radius 2 is 1.69 bits per heavy atom. The number of rotatable bonds is 5. The summed E-state index contributed by atoms with van der Waals surface area (Å²) in [6.45, 7) is 2.63. The van der Waals surface area contributed by atoms with Gasteiger partial charge in [-0.05, 0) is 17.7 Å². The molecule has 0 spiro atoms. The third kappa shape index (κ3) is 4.50. The number of ether oxygens (including phenoxy) is 1. The van der Waals surface area contributed by atoms with E-state index in [0.717, 1.165) is 11.3 Å². The van der Waals surface area contributed by atoms with Crippen molar-refractivity contribution in [3.63, 3.8) is 0 Å². The monoisotopic (exact) mass is 347 g/mol. The smallest absolute Gasteiger partial charge is 0.266 e. The molecule has 0 aromatic heterocycles. The summed E-state index contributed by atoms with van der Waals surface area (Å²) in [6.07, 6.45) is 1.65.